The summed E-state index contributed by atoms with van der Waals surface area (Å²) in [4.78, 5) is 16.7. The zero-order valence-corrected chi connectivity index (χ0v) is 21.2. The van der Waals surface area contributed by atoms with Gasteiger partial charge in [0.25, 0.3) is 0 Å². The molecule has 6 heteroatoms. The van der Waals surface area contributed by atoms with Crippen LogP contribution in [-0.4, -0.2) is 51.4 Å². The Hall–Kier alpha value is -2.02. The Morgan fingerprint density at radius 2 is 1.81 bits per heavy atom. The lowest BCUT2D eigenvalue weighted by molar-refractivity contribution is -0.237. The second kappa shape index (κ2) is 8.50. The SMILES string of the molecule is CC12CC[C@H]3[C@@H](CCC4(O)C[C@H](O)CCC34/C=N/Cc3ccccc3)C1(O)CCC2C1=CC(=O)OC1. The molecule has 0 saturated heterocycles. The molecule has 0 spiro atoms. The number of esters is 1. The summed E-state index contributed by atoms with van der Waals surface area (Å²) in [6, 6.07) is 10.2. The maximum atomic E-state index is 12.5. The van der Waals surface area contributed by atoms with E-state index in [4.69, 9.17) is 9.73 Å². The first-order chi connectivity index (χ1) is 17.2. The fraction of sp³-hybridized carbons (Fsp3) is 0.667. The minimum Gasteiger partial charge on any atom is -0.458 e. The van der Waals surface area contributed by atoms with Crippen molar-refractivity contribution in [2.24, 2.45) is 33.6 Å². The third kappa shape index (κ3) is 3.40. The zero-order valence-electron chi connectivity index (χ0n) is 21.2. The Morgan fingerprint density at radius 1 is 1.03 bits per heavy atom. The number of carbonyl (C=O) groups is 1. The van der Waals surface area contributed by atoms with Crippen molar-refractivity contribution >= 4 is 12.2 Å². The molecule has 194 valence electrons. The number of rotatable bonds is 4. The van der Waals surface area contributed by atoms with Crippen LogP contribution in [0.4, 0.5) is 0 Å². The van der Waals surface area contributed by atoms with Crippen molar-refractivity contribution in [2.45, 2.75) is 88.6 Å². The van der Waals surface area contributed by atoms with E-state index in [0.717, 1.165) is 36.8 Å². The number of aliphatic hydroxyl groups is 3. The van der Waals surface area contributed by atoms with E-state index in [-0.39, 0.29) is 29.1 Å². The Kier molecular flexibility index (Phi) is 5.75. The summed E-state index contributed by atoms with van der Waals surface area (Å²) in [5.41, 5.74) is -0.575. The second-order valence-electron chi connectivity index (χ2n) is 12.5. The summed E-state index contributed by atoms with van der Waals surface area (Å²) >= 11 is 0. The number of ether oxygens (including phenoxy) is 1. The van der Waals surface area contributed by atoms with Gasteiger partial charge in [0.15, 0.2) is 0 Å². The van der Waals surface area contributed by atoms with Gasteiger partial charge in [-0.05, 0) is 80.3 Å². The molecule has 4 saturated carbocycles. The molecular weight excluding hydrogens is 454 g/mol. The molecule has 0 aromatic heterocycles. The second-order valence-corrected chi connectivity index (χ2v) is 12.5. The van der Waals surface area contributed by atoms with Crippen LogP contribution in [0.15, 0.2) is 47.0 Å². The van der Waals surface area contributed by atoms with Crippen LogP contribution < -0.4 is 0 Å². The Labute approximate surface area is 213 Å². The zero-order chi connectivity index (χ0) is 25.2. The molecule has 3 N–H and O–H groups in total. The smallest absolute Gasteiger partial charge is 0.331 e. The van der Waals surface area contributed by atoms with Gasteiger partial charge < -0.3 is 20.1 Å². The number of aliphatic imine (C=N–C) groups is 1. The van der Waals surface area contributed by atoms with Crippen molar-refractivity contribution in [2.75, 3.05) is 6.61 Å². The monoisotopic (exact) mass is 493 g/mol. The van der Waals surface area contributed by atoms with Gasteiger partial charge in [-0.25, -0.2) is 4.79 Å². The van der Waals surface area contributed by atoms with Crippen molar-refractivity contribution in [3.63, 3.8) is 0 Å². The number of benzene rings is 1. The van der Waals surface area contributed by atoms with E-state index < -0.39 is 22.7 Å². The van der Waals surface area contributed by atoms with Crippen LogP contribution in [0.1, 0.15) is 70.3 Å². The number of nitrogens with zero attached hydrogens (tertiary/aromatic N) is 1. The predicted molar refractivity (Wildman–Crippen MR) is 136 cm³/mol. The first-order valence-electron chi connectivity index (χ1n) is 13.8. The van der Waals surface area contributed by atoms with E-state index >= 15 is 0 Å². The molecule has 5 aliphatic rings. The van der Waals surface area contributed by atoms with E-state index in [1.807, 2.05) is 24.4 Å². The van der Waals surface area contributed by atoms with E-state index in [9.17, 15) is 20.1 Å². The van der Waals surface area contributed by atoms with Crippen molar-refractivity contribution < 1.29 is 24.9 Å². The molecule has 36 heavy (non-hydrogen) atoms. The Morgan fingerprint density at radius 3 is 2.56 bits per heavy atom. The molecule has 8 atom stereocenters. The molecule has 0 radical (unpaired) electrons. The highest BCUT2D eigenvalue weighted by Crippen LogP contribution is 2.70. The van der Waals surface area contributed by atoms with Crippen molar-refractivity contribution in [3.8, 4) is 0 Å². The fourth-order valence-electron chi connectivity index (χ4n) is 9.26. The minimum atomic E-state index is -1.01. The normalized spacial score (nSPS) is 46.1. The summed E-state index contributed by atoms with van der Waals surface area (Å²) < 4.78 is 5.25. The minimum absolute atomic E-state index is 0.0542. The number of hydrogen-bond donors (Lipinski definition) is 3. The highest BCUT2D eigenvalue weighted by molar-refractivity contribution is 5.85. The third-order valence-corrected chi connectivity index (χ3v) is 11.1. The summed E-state index contributed by atoms with van der Waals surface area (Å²) in [5, 5.41) is 35.1. The molecule has 0 bridgehead atoms. The number of fused-ring (bicyclic) bond motifs is 5. The Balaban J connectivity index is 1.35. The van der Waals surface area contributed by atoms with Gasteiger partial charge in [0.05, 0.1) is 23.9 Å². The maximum Gasteiger partial charge on any atom is 0.331 e. The van der Waals surface area contributed by atoms with E-state index in [1.54, 1.807) is 6.08 Å². The first kappa shape index (κ1) is 24.3. The third-order valence-electron chi connectivity index (χ3n) is 11.1. The lowest BCUT2D eigenvalue weighted by Crippen LogP contribution is -2.68. The standard InChI is InChI=1S/C30H39NO5/c1-27-11-8-24-25(30(27,35)14-10-23(27)21-15-26(33)36-18-21)9-13-29(34)16-22(32)7-12-28(24,29)19-31-17-20-5-3-2-4-6-20/h2-6,15,19,22-25,32,34-35H,7-14,16-18H2,1H3/b31-19+/t22-,23?,24+,25-,27?,28?,29?,30?/m1/s1. The van der Waals surface area contributed by atoms with Crippen LogP contribution in [0.25, 0.3) is 0 Å². The van der Waals surface area contributed by atoms with E-state index in [0.29, 0.717) is 45.3 Å². The van der Waals surface area contributed by atoms with Crippen molar-refractivity contribution in [1.82, 2.24) is 0 Å². The molecule has 1 aromatic rings. The van der Waals surface area contributed by atoms with Crippen LogP contribution in [0, 0.1) is 28.6 Å². The molecule has 1 heterocycles. The average Bonchev–Trinajstić information content (AvgIpc) is 3.40. The van der Waals surface area contributed by atoms with Crippen LogP contribution in [0.3, 0.4) is 0 Å². The van der Waals surface area contributed by atoms with Crippen LogP contribution >= 0.6 is 0 Å². The summed E-state index contributed by atoms with van der Waals surface area (Å²) in [5.74, 6) is 0.0375. The quantitative estimate of drug-likeness (QED) is 0.435. The van der Waals surface area contributed by atoms with Crippen LogP contribution in [-0.2, 0) is 16.1 Å². The fourth-order valence-corrected chi connectivity index (χ4v) is 9.26. The molecular formula is C30H39NO5. The van der Waals surface area contributed by atoms with Gasteiger partial charge in [-0.2, -0.15) is 0 Å². The summed E-state index contributed by atoms with van der Waals surface area (Å²) in [6.45, 7) is 3.12. The van der Waals surface area contributed by atoms with Gasteiger partial charge in [0, 0.05) is 29.5 Å². The lowest BCUT2D eigenvalue weighted by Gasteiger charge is -2.65. The molecule has 0 amide bonds. The van der Waals surface area contributed by atoms with Crippen LogP contribution in [0.2, 0.25) is 0 Å². The molecule has 4 fully saturated rings. The van der Waals surface area contributed by atoms with Gasteiger partial charge in [-0.1, -0.05) is 37.3 Å². The summed E-state index contributed by atoms with van der Waals surface area (Å²) in [7, 11) is 0. The number of carbonyl (C=O) groups excluding carboxylic acids is 1. The first-order valence-corrected chi connectivity index (χ1v) is 13.8. The van der Waals surface area contributed by atoms with Gasteiger partial charge in [0.2, 0.25) is 0 Å². The number of aliphatic hydroxyl groups excluding tert-OH is 1. The van der Waals surface area contributed by atoms with E-state index in [2.05, 4.69) is 19.1 Å². The van der Waals surface area contributed by atoms with Crippen molar-refractivity contribution in [3.05, 3.63) is 47.5 Å². The van der Waals surface area contributed by atoms with Gasteiger partial charge in [-0.3, -0.25) is 4.99 Å². The molecule has 5 unspecified atom stereocenters. The summed E-state index contributed by atoms with van der Waals surface area (Å²) in [6.07, 6.45) is 9.51. The average molecular weight is 494 g/mol. The predicted octanol–water partition coefficient (Wildman–Crippen LogP) is 3.97. The van der Waals surface area contributed by atoms with E-state index in [1.165, 1.54) is 0 Å². The maximum absolute atomic E-state index is 12.5. The highest BCUT2D eigenvalue weighted by Gasteiger charge is 2.71. The number of hydrogen-bond acceptors (Lipinski definition) is 6. The van der Waals surface area contributed by atoms with Crippen molar-refractivity contribution in [1.29, 1.82) is 0 Å². The highest BCUT2D eigenvalue weighted by atomic mass is 16.5. The van der Waals surface area contributed by atoms with Crippen LogP contribution in [0.5, 0.6) is 0 Å². The molecule has 4 aliphatic carbocycles. The van der Waals surface area contributed by atoms with Gasteiger partial charge in [0.1, 0.15) is 6.61 Å². The lowest BCUT2D eigenvalue weighted by atomic mass is 9.41. The Bertz CT molecular complexity index is 1090. The molecule has 1 aromatic carbocycles. The largest absolute Gasteiger partial charge is 0.458 e. The van der Waals surface area contributed by atoms with Gasteiger partial charge >= 0.3 is 5.97 Å². The molecule has 1 aliphatic heterocycles. The molecule has 6 rings (SSSR count). The number of cyclic esters (lactones) is 1. The topological polar surface area (TPSA) is 99.4 Å². The molecule has 6 nitrogen and oxygen atoms in total. The van der Waals surface area contributed by atoms with Gasteiger partial charge in [-0.15, -0.1) is 0 Å².